The van der Waals surface area contributed by atoms with Crippen molar-refractivity contribution in [1.29, 1.82) is 0 Å². The Morgan fingerprint density at radius 1 is 1.04 bits per heavy atom. The van der Waals surface area contributed by atoms with Crippen molar-refractivity contribution in [3.8, 4) is 0 Å². The van der Waals surface area contributed by atoms with E-state index in [4.69, 9.17) is 5.11 Å². The fourth-order valence-electron chi connectivity index (χ4n) is 2.11. The molecule has 0 bridgehead atoms. The second kappa shape index (κ2) is 11.1. The van der Waals surface area contributed by atoms with Gasteiger partial charge in [-0.15, -0.1) is 0 Å². The molecule has 0 fully saturated rings. The van der Waals surface area contributed by atoms with Crippen LogP contribution in [0.3, 0.4) is 0 Å². The summed E-state index contributed by atoms with van der Waals surface area (Å²) in [5, 5.41) is 13.9. The van der Waals surface area contributed by atoms with Crippen molar-refractivity contribution in [2.24, 2.45) is 11.8 Å². The van der Waals surface area contributed by atoms with Gasteiger partial charge in [0.2, 0.25) is 11.8 Å². The minimum Gasteiger partial charge on any atom is -0.481 e. The van der Waals surface area contributed by atoms with Crippen LogP contribution in [0, 0.1) is 11.8 Å². The SMILES string of the molecule is CCC(C)[C@H](NC(=O)[C@H](C)[C@H](C)S)C(=O)N[C@@H](CCC(=O)O)C(C)=O. The van der Waals surface area contributed by atoms with Gasteiger partial charge in [0, 0.05) is 17.6 Å². The maximum absolute atomic E-state index is 12.6. The normalized spacial score (nSPS) is 16.9. The largest absolute Gasteiger partial charge is 0.481 e. The lowest BCUT2D eigenvalue weighted by Gasteiger charge is -2.27. The molecule has 0 aliphatic heterocycles. The molecule has 0 aliphatic carbocycles. The molecule has 2 amide bonds. The molecular weight excluding hydrogens is 344 g/mol. The predicted molar refractivity (Wildman–Crippen MR) is 98.5 cm³/mol. The molecule has 144 valence electrons. The average Bonchev–Trinajstić information content (AvgIpc) is 2.53. The third-order valence-electron chi connectivity index (χ3n) is 4.38. The van der Waals surface area contributed by atoms with Gasteiger partial charge in [0.05, 0.1) is 6.04 Å². The minimum atomic E-state index is -1.04. The molecule has 8 heteroatoms. The van der Waals surface area contributed by atoms with Gasteiger partial charge < -0.3 is 15.7 Å². The number of thiol groups is 1. The molecule has 0 aliphatic rings. The summed E-state index contributed by atoms with van der Waals surface area (Å²) >= 11 is 4.25. The number of hydrogen-bond acceptors (Lipinski definition) is 5. The van der Waals surface area contributed by atoms with Gasteiger partial charge in [0.25, 0.3) is 0 Å². The predicted octanol–water partition coefficient (Wildman–Crippen LogP) is 1.41. The Hall–Kier alpha value is -1.57. The molecule has 3 N–H and O–H groups in total. The average molecular weight is 375 g/mol. The van der Waals surface area contributed by atoms with E-state index in [1.165, 1.54) is 6.92 Å². The zero-order valence-electron chi connectivity index (χ0n) is 15.5. The summed E-state index contributed by atoms with van der Waals surface area (Å²) in [5.41, 5.74) is 0. The lowest BCUT2D eigenvalue weighted by atomic mass is 9.96. The molecule has 0 radical (unpaired) electrons. The Bertz CT molecular complexity index is 495. The first-order valence-corrected chi connectivity index (χ1v) is 9.03. The van der Waals surface area contributed by atoms with Crippen LogP contribution in [0.4, 0.5) is 0 Å². The number of ketones is 1. The number of aliphatic carboxylic acids is 1. The Kier molecular flexibility index (Phi) is 10.4. The topological polar surface area (TPSA) is 113 Å². The van der Waals surface area contributed by atoms with Crippen molar-refractivity contribution in [1.82, 2.24) is 10.6 Å². The van der Waals surface area contributed by atoms with Crippen molar-refractivity contribution in [2.75, 3.05) is 0 Å². The molecule has 5 atom stereocenters. The Balaban J connectivity index is 5.12. The van der Waals surface area contributed by atoms with Crippen molar-refractivity contribution in [3.05, 3.63) is 0 Å². The van der Waals surface area contributed by atoms with Gasteiger partial charge in [-0.3, -0.25) is 19.2 Å². The highest BCUT2D eigenvalue weighted by molar-refractivity contribution is 7.81. The third-order valence-corrected chi connectivity index (χ3v) is 4.83. The van der Waals surface area contributed by atoms with Crippen LogP contribution in [-0.4, -0.2) is 46.0 Å². The number of Topliss-reactive ketones (excluding diaryl/α,β-unsaturated/α-hetero) is 1. The summed E-state index contributed by atoms with van der Waals surface area (Å²) in [6.45, 7) is 8.55. The monoisotopic (exact) mass is 374 g/mol. The highest BCUT2D eigenvalue weighted by Crippen LogP contribution is 2.13. The van der Waals surface area contributed by atoms with Gasteiger partial charge >= 0.3 is 5.97 Å². The van der Waals surface area contributed by atoms with E-state index >= 15 is 0 Å². The van der Waals surface area contributed by atoms with Crippen molar-refractivity contribution in [2.45, 2.75) is 71.2 Å². The van der Waals surface area contributed by atoms with E-state index < -0.39 is 24.0 Å². The number of nitrogens with one attached hydrogen (secondary N) is 2. The summed E-state index contributed by atoms with van der Waals surface area (Å²) in [6, 6.07) is -1.67. The van der Waals surface area contributed by atoms with Crippen LogP contribution in [0.5, 0.6) is 0 Å². The molecule has 0 aromatic carbocycles. The van der Waals surface area contributed by atoms with Crippen LogP contribution in [-0.2, 0) is 19.2 Å². The number of carbonyl (C=O) groups is 4. The van der Waals surface area contributed by atoms with E-state index in [0.717, 1.165) is 0 Å². The first-order chi connectivity index (χ1) is 11.5. The summed E-state index contributed by atoms with van der Waals surface area (Å²) in [5.74, 6) is -2.64. The van der Waals surface area contributed by atoms with Crippen LogP contribution in [0.25, 0.3) is 0 Å². The standard InChI is InChI=1S/C17H30N2O5S/c1-6-9(2)15(19-16(23)10(3)12(5)25)17(24)18-13(11(4)20)7-8-14(21)22/h9-10,12-13,15,25H,6-8H2,1-5H3,(H,18,24)(H,19,23)(H,21,22)/t9?,10-,12+,13+,15+/m1/s1. The molecule has 1 unspecified atom stereocenters. The number of carboxylic acids is 1. The first-order valence-electron chi connectivity index (χ1n) is 8.52. The van der Waals surface area contributed by atoms with Gasteiger partial charge in [-0.1, -0.05) is 34.1 Å². The van der Waals surface area contributed by atoms with Gasteiger partial charge in [0.1, 0.15) is 6.04 Å². The van der Waals surface area contributed by atoms with Gasteiger partial charge in [0.15, 0.2) is 5.78 Å². The molecule has 0 saturated heterocycles. The molecule has 0 saturated carbocycles. The highest BCUT2D eigenvalue weighted by Gasteiger charge is 2.30. The van der Waals surface area contributed by atoms with Crippen LogP contribution < -0.4 is 10.6 Å². The zero-order valence-corrected chi connectivity index (χ0v) is 16.4. The van der Waals surface area contributed by atoms with Gasteiger partial charge in [-0.25, -0.2) is 0 Å². The molecule has 0 rings (SSSR count). The number of carbonyl (C=O) groups excluding carboxylic acids is 3. The van der Waals surface area contributed by atoms with E-state index in [9.17, 15) is 19.2 Å². The zero-order chi connectivity index (χ0) is 19.7. The minimum absolute atomic E-state index is 0.0155. The van der Waals surface area contributed by atoms with E-state index in [1.807, 2.05) is 13.8 Å². The number of carboxylic acid groups (broad SMARTS) is 1. The molecule has 0 spiro atoms. The molecule has 7 nitrogen and oxygen atoms in total. The van der Waals surface area contributed by atoms with Gasteiger partial charge in [-0.05, 0) is 19.3 Å². The molecule has 25 heavy (non-hydrogen) atoms. The summed E-state index contributed by atoms with van der Waals surface area (Å²) in [7, 11) is 0. The fraction of sp³-hybridized carbons (Fsp3) is 0.765. The third kappa shape index (κ3) is 8.38. The van der Waals surface area contributed by atoms with E-state index in [1.54, 1.807) is 13.8 Å². The number of amides is 2. The maximum atomic E-state index is 12.6. The van der Waals surface area contributed by atoms with Crippen molar-refractivity contribution >= 4 is 36.2 Å². The van der Waals surface area contributed by atoms with Crippen molar-refractivity contribution in [3.63, 3.8) is 0 Å². The lowest BCUT2D eigenvalue weighted by molar-refractivity contribution is -0.138. The van der Waals surface area contributed by atoms with Crippen LogP contribution >= 0.6 is 12.6 Å². The first kappa shape index (κ1) is 23.4. The smallest absolute Gasteiger partial charge is 0.303 e. The highest BCUT2D eigenvalue weighted by atomic mass is 32.1. The summed E-state index contributed by atoms with van der Waals surface area (Å²) in [6.07, 6.45) is 0.448. The molecule has 0 aromatic rings. The van der Waals surface area contributed by atoms with E-state index in [2.05, 4.69) is 23.3 Å². The van der Waals surface area contributed by atoms with Crippen LogP contribution in [0.2, 0.25) is 0 Å². The molecular formula is C17H30N2O5S. The molecule has 0 heterocycles. The van der Waals surface area contributed by atoms with Crippen molar-refractivity contribution < 1.29 is 24.3 Å². The Morgan fingerprint density at radius 2 is 1.60 bits per heavy atom. The summed E-state index contributed by atoms with van der Waals surface area (Å²) < 4.78 is 0. The lowest BCUT2D eigenvalue weighted by Crippen LogP contribution is -2.55. The van der Waals surface area contributed by atoms with Crippen LogP contribution in [0.15, 0.2) is 0 Å². The number of hydrogen-bond donors (Lipinski definition) is 4. The Labute approximate surface area is 154 Å². The maximum Gasteiger partial charge on any atom is 0.303 e. The fourth-order valence-corrected chi connectivity index (χ4v) is 2.25. The second-order valence-electron chi connectivity index (χ2n) is 6.51. The summed E-state index contributed by atoms with van der Waals surface area (Å²) in [4.78, 5) is 47.2. The molecule has 0 aromatic heterocycles. The van der Waals surface area contributed by atoms with E-state index in [-0.39, 0.29) is 41.6 Å². The van der Waals surface area contributed by atoms with Gasteiger partial charge in [-0.2, -0.15) is 12.6 Å². The number of rotatable bonds is 11. The second-order valence-corrected chi connectivity index (χ2v) is 7.32. The quantitative estimate of drug-likeness (QED) is 0.409. The van der Waals surface area contributed by atoms with E-state index in [0.29, 0.717) is 6.42 Å². The van der Waals surface area contributed by atoms with Crippen LogP contribution in [0.1, 0.15) is 53.9 Å². The Morgan fingerprint density at radius 3 is 2.00 bits per heavy atom.